The van der Waals surface area contributed by atoms with Crippen LogP contribution in [0.3, 0.4) is 0 Å². The Labute approximate surface area is 615 Å². The second kappa shape index (κ2) is 124. The van der Waals surface area contributed by atoms with Gasteiger partial charge in [-0.05, 0) is 120 Å². The summed E-state index contributed by atoms with van der Waals surface area (Å²) in [6.07, 6.45) is 19.1. The molecule has 0 aromatic rings. The number of hydrogen-bond acceptors (Lipinski definition) is 26. The second-order valence-corrected chi connectivity index (χ2v) is 20.6. The van der Waals surface area contributed by atoms with Crippen molar-refractivity contribution in [2.45, 2.75) is 226 Å². The topological polar surface area (TPSA) is 305 Å². The molecule has 0 spiro atoms. The van der Waals surface area contributed by atoms with Crippen LogP contribution in [0.15, 0.2) is 0 Å². The van der Waals surface area contributed by atoms with E-state index in [0.717, 1.165) is 124 Å². The predicted octanol–water partition coefficient (Wildman–Crippen LogP) is 13.4. The van der Waals surface area contributed by atoms with Crippen molar-refractivity contribution in [1.29, 1.82) is 0 Å². The Hall–Kier alpha value is -2.99. The number of amides is 3. The van der Waals surface area contributed by atoms with E-state index >= 15 is 0 Å². The van der Waals surface area contributed by atoms with E-state index in [2.05, 4.69) is 61.2 Å². The lowest BCUT2D eigenvalue weighted by atomic mass is 10.2. The highest BCUT2D eigenvalue weighted by Gasteiger charge is 2.02. The zero-order chi connectivity index (χ0) is 76.6. The van der Waals surface area contributed by atoms with E-state index in [4.69, 9.17) is 100 Å². The highest BCUT2D eigenvalue weighted by molar-refractivity contribution is 5.67. The van der Waals surface area contributed by atoms with E-state index in [-0.39, 0.29) is 32.9 Å². The van der Waals surface area contributed by atoms with Gasteiger partial charge in [0.15, 0.2) is 0 Å². The van der Waals surface area contributed by atoms with Gasteiger partial charge in [0.25, 0.3) is 0 Å². The molecule has 0 aliphatic carbocycles. The quantitative estimate of drug-likeness (QED) is 0.0124. The van der Waals surface area contributed by atoms with Gasteiger partial charge in [-0.1, -0.05) is 107 Å². The van der Waals surface area contributed by atoms with Crippen molar-refractivity contribution < 1.29 is 114 Å². The third kappa shape index (κ3) is 148. The standard InChI is InChI=1S/C11H24N2O5.C10H22N2O5.C10H22O2.2C9H20O3.C9H20O2.C8H17NO3.C6H14O/c1-3-5-6-16-11(14)13-9-12-10-18-17-8-7-15-4-2;1-3-5-15-10(13)12-8-11-9-17-16-7-6-14-4-2;1-3-5-8-12-10-7-6-9-11-4-2;1-3-5-6-11-7-8-12-9-10-4-2;1-3-5-6-11-9-12-8-7-10-4-2;1-3-5-6-7-8-11-9-10-4-2;1-3-5-9-8(10)12-7-6-11-4-2;1-3-5-6-7-4-2/h12H,3-10H2,1-2H3,(H,13,14);11H,3-9H2,1-2H3,(H,12,13);3-10H2,1-2H3;2*3-9H2,1-2H3;3-9H2,1-2H3;3-7H2,1-2H3,(H,9,10);3-6H2,1-2H3. The third-order valence-electron chi connectivity index (χ3n) is 11.4. The van der Waals surface area contributed by atoms with Gasteiger partial charge in [0.2, 0.25) is 0 Å². The lowest BCUT2D eigenvalue weighted by molar-refractivity contribution is -0.303. The summed E-state index contributed by atoms with van der Waals surface area (Å²) in [6.45, 7) is 53.2. The van der Waals surface area contributed by atoms with Crippen LogP contribution in [-0.4, -0.2) is 250 Å². The Morgan fingerprint density at radius 1 is 0.218 bits per heavy atom. The minimum Gasteiger partial charge on any atom is -0.450 e. The molecule has 0 heterocycles. The molecule has 0 rings (SSSR count). The summed E-state index contributed by atoms with van der Waals surface area (Å²) in [4.78, 5) is 51.9. The van der Waals surface area contributed by atoms with Crippen molar-refractivity contribution in [1.82, 2.24) is 26.6 Å². The lowest BCUT2D eigenvalue weighted by Crippen LogP contribution is -2.35. The van der Waals surface area contributed by atoms with E-state index in [9.17, 15) is 14.4 Å². The fourth-order valence-electron chi connectivity index (χ4n) is 5.83. The van der Waals surface area contributed by atoms with Gasteiger partial charge in [0, 0.05) is 106 Å². The molecule has 0 aromatic carbocycles. The molecule has 3 amide bonds. The second-order valence-electron chi connectivity index (χ2n) is 20.6. The minimum absolute atomic E-state index is 0.181. The van der Waals surface area contributed by atoms with E-state index in [1.54, 1.807) is 0 Å². The van der Waals surface area contributed by atoms with Gasteiger partial charge >= 0.3 is 18.3 Å². The van der Waals surface area contributed by atoms with Crippen LogP contribution >= 0.6 is 0 Å². The maximum Gasteiger partial charge on any atom is 0.408 e. The molecule has 0 unspecified atom stereocenters. The Morgan fingerprint density at radius 3 is 0.931 bits per heavy atom. The van der Waals surface area contributed by atoms with Crippen LogP contribution in [0.25, 0.3) is 0 Å². The molecule has 0 bridgehead atoms. The maximum atomic E-state index is 11.1. The van der Waals surface area contributed by atoms with Crippen molar-refractivity contribution in [3.63, 3.8) is 0 Å². The molecule has 616 valence electrons. The van der Waals surface area contributed by atoms with Crippen LogP contribution in [0.4, 0.5) is 14.4 Å². The molecule has 0 aliphatic heterocycles. The summed E-state index contributed by atoms with van der Waals surface area (Å²) < 4.78 is 86.1. The Kier molecular flexibility index (Phi) is 139. The molecule has 0 saturated heterocycles. The van der Waals surface area contributed by atoms with Gasteiger partial charge in [-0.2, -0.15) is 0 Å². The molecule has 29 nitrogen and oxygen atoms in total. The van der Waals surface area contributed by atoms with Gasteiger partial charge < -0.3 is 96.5 Å². The van der Waals surface area contributed by atoms with Gasteiger partial charge in [-0.25, -0.2) is 33.9 Å². The van der Waals surface area contributed by atoms with Crippen molar-refractivity contribution in [2.75, 3.05) is 232 Å². The van der Waals surface area contributed by atoms with Gasteiger partial charge in [-0.15, -0.1) is 0 Å². The van der Waals surface area contributed by atoms with Gasteiger partial charge in [0.05, 0.1) is 72.8 Å². The van der Waals surface area contributed by atoms with Gasteiger partial charge in [-0.3, -0.25) is 10.6 Å². The number of hydrogen-bond donors (Lipinski definition) is 5. The van der Waals surface area contributed by atoms with Crippen LogP contribution in [0.2, 0.25) is 0 Å². The number of carbonyl (C=O) groups is 3. The summed E-state index contributed by atoms with van der Waals surface area (Å²) in [7, 11) is 0. The first-order chi connectivity index (χ1) is 49.5. The first-order valence-corrected chi connectivity index (χ1v) is 38.2. The van der Waals surface area contributed by atoms with E-state index < -0.39 is 12.2 Å². The van der Waals surface area contributed by atoms with Crippen molar-refractivity contribution >= 4 is 18.3 Å². The fourth-order valence-corrected chi connectivity index (χ4v) is 5.83. The number of carbonyl (C=O) groups excluding carboxylic acids is 3. The summed E-state index contributed by atoms with van der Waals surface area (Å²) >= 11 is 0. The first-order valence-electron chi connectivity index (χ1n) is 38.2. The largest absolute Gasteiger partial charge is 0.450 e. The first kappa shape index (κ1) is 114. The van der Waals surface area contributed by atoms with E-state index in [1.165, 1.54) is 64.2 Å². The maximum absolute atomic E-state index is 11.1. The number of nitrogens with one attached hydrogen (secondary N) is 5. The lowest BCUT2D eigenvalue weighted by Gasteiger charge is -2.08. The monoisotopic (exact) mass is 1480 g/mol. The van der Waals surface area contributed by atoms with Crippen LogP contribution in [0.1, 0.15) is 226 Å². The third-order valence-corrected chi connectivity index (χ3v) is 11.4. The van der Waals surface area contributed by atoms with Crippen molar-refractivity contribution in [3.05, 3.63) is 0 Å². The van der Waals surface area contributed by atoms with Gasteiger partial charge in [0.1, 0.15) is 53.7 Å². The smallest absolute Gasteiger partial charge is 0.408 e. The molecular formula is C72H159N5O24. The van der Waals surface area contributed by atoms with Crippen LogP contribution < -0.4 is 26.6 Å². The number of unbranched alkanes of at least 4 members (excludes halogenated alkanes) is 9. The average Bonchev–Trinajstić information content (AvgIpc) is 3.70. The minimum atomic E-state index is -0.448. The zero-order valence-corrected chi connectivity index (χ0v) is 67.3. The van der Waals surface area contributed by atoms with Crippen molar-refractivity contribution in [3.8, 4) is 0 Å². The molecule has 0 aromatic heterocycles. The van der Waals surface area contributed by atoms with Crippen molar-refractivity contribution in [2.24, 2.45) is 0 Å². The van der Waals surface area contributed by atoms with Crippen LogP contribution in [0.5, 0.6) is 0 Å². The molecule has 0 fully saturated rings. The van der Waals surface area contributed by atoms with Crippen LogP contribution in [0, 0.1) is 0 Å². The van der Waals surface area contributed by atoms with E-state index in [1.807, 2.05) is 76.2 Å². The number of rotatable bonds is 68. The normalized spacial score (nSPS) is 10.2. The summed E-state index contributed by atoms with van der Waals surface area (Å²) in [6, 6.07) is 0. The highest BCUT2D eigenvalue weighted by Crippen LogP contribution is 1.99. The summed E-state index contributed by atoms with van der Waals surface area (Å²) in [5, 5.41) is 13.2. The molecule has 101 heavy (non-hydrogen) atoms. The Balaban J connectivity index is -0.000000165. The molecule has 29 heteroatoms. The average molecular weight is 1480 g/mol. The number of ether oxygens (including phenoxy) is 17. The SMILES string of the molecule is CCCCCCOCOCC.CCCCOC(=O)NCNCOOCCOCC.CCCCOCC.CCCCOCCCCOCC.CCCCOCCOCOCC.CCCCOCOCCOCC.CCCNC(=O)OCCOCC.CCCOC(=O)NCNCOOCCOCC. The Bertz CT molecular complexity index is 1290. The predicted molar refractivity (Wildman–Crippen MR) is 399 cm³/mol. The molecule has 0 radical (unpaired) electrons. The molecular weight excluding hydrogens is 1320 g/mol. The fraction of sp³-hybridized carbons (Fsp3) is 0.958. The summed E-state index contributed by atoms with van der Waals surface area (Å²) in [5.74, 6) is 0. The summed E-state index contributed by atoms with van der Waals surface area (Å²) in [5.41, 5.74) is 0. The molecule has 5 N–H and O–H groups in total. The Morgan fingerprint density at radius 2 is 0.505 bits per heavy atom. The van der Waals surface area contributed by atoms with E-state index in [0.29, 0.717) is 133 Å². The molecule has 0 saturated carbocycles. The molecule has 0 aliphatic rings. The highest BCUT2D eigenvalue weighted by atomic mass is 17.2. The van der Waals surface area contributed by atoms with Crippen LogP contribution in [-0.2, 0) is 100 Å². The zero-order valence-electron chi connectivity index (χ0n) is 67.3. The number of alkyl carbamates (subject to hydrolysis) is 3. The molecule has 0 atom stereocenters.